The molecular weight excluding hydrogens is 308 g/mol. The van der Waals surface area contributed by atoms with Crippen LogP contribution in [0.2, 0.25) is 0 Å². The van der Waals surface area contributed by atoms with E-state index in [-0.39, 0.29) is 5.56 Å². The summed E-state index contributed by atoms with van der Waals surface area (Å²) in [7, 11) is 1.73. The first-order valence-electron chi connectivity index (χ1n) is 7.08. The molecule has 0 bridgehead atoms. The Morgan fingerprint density at radius 2 is 1.87 bits per heavy atom. The van der Waals surface area contributed by atoms with Crippen molar-refractivity contribution in [3.05, 3.63) is 65.1 Å². The number of aromatic nitrogens is 3. The molecule has 0 saturated heterocycles. The normalized spacial score (nSPS) is 10.5. The first-order valence-corrected chi connectivity index (χ1v) is 8.30. The van der Waals surface area contributed by atoms with Crippen molar-refractivity contribution in [3.8, 4) is 11.1 Å². The Morgan fingerprint density at radius 3 is 2.61 bits per heavy atom. The minimum absolute atomic E-state index is 0.0759. The Morgan fingerprint density at radius 1 is 1.09 bits per heavy atom. The molecule has 0 spiro atoms. The molecule has 3 aromatic rings. The first-order chi connectivity index (χ1) is 11.2. The zero-order chi connectivity index (χ0) is 16.2. The van der Waals surface area contributed by atoms with Gasteiger partial charge in [-0.2, -0.15) is 0 Å². The highest BCUT2D eigenvalue weighted by molar-refractivity contribution is 7.98. The summed E-state index contributed by atoms with van der Waals surface area (Å²) in [4.78, 5) is 20.8. The zero-order valence-electron chi connectivity index (χ0n) is 12.9. The maximum absolute atomic E-state index is 12.2. The highest BCUT2D eigenvalue weighted by atomic mass is 32.2. The number of hydrogen-bond acceptors (Lipinski definition) is 5. The summed E-state index contributed by atoms with van der Waals surface area (Å²) in [5.74, 6) is 1.34. The van der Waals surface area contributed by atoms with Crippen LogP contribution in [0.15, 0.2) is 64.7 Å². The minimum Gasteiger partial charge on any atom is -0.326 e. The van der Waals surface area contributed by atoms with Crippen LogP contribution in [-0.2, 0) is 7.05 Å². The summed E-state index contributed by atoms with van der Waals surface area (Å²) < 4.78 is 1.56. The lowest BCUT2D eigenvalue weighted by atomic mass is 10.1. The number of pyridine rings is 1. The Hall–Kier alpha value is -2.60. The average Bonchev–Trinajstić information content (AvgIpc) is 2.59. The van der Waals surface area contributed by atoms with Crippen LogP contribution in [-0.4, -0.2) is 20.8 Å². The molecule has 0 aliphatic rings. The van der Waals surface area contributed by atoms with E-state index in [9.17, 15) is 4.79 Å². The highest BCUT2D eigenvalue weighted by Crippen LogP contribution is 2.22. The van der Waals surface area contributed by atoms with Crippen LogP contribution >= 0.6 is 11.8 Å². The molecule has 2 aromatic heterocycles. The Labute approximate surface area is 138 Å². The number of benzene rings is 1. The fraction of sp³-hybridized carbons (Fsp3) is 0.118. The van der Waals surface area contributed by atoms with E-state index >= 15 is 0 Å². The Bertz CT molecular complexity index is 877. The van der Waals surface area contributed by atoms with Crippen molar-refractivity contribution in [2.45, 2.75) is 5.16 Å². The largest absolute Gasteiger partial charge is 0.326 e. The average molecular weight is 324 g/mol. The van der Waals surface area contributed by atoms with Crippen LogP contribution < -0.4 is 10.9 Å². The second kappa shape index (κ2) is 6.66. The third-order valence-corrected chi connectivity index (χ3v) is 4.00. The van der Waals surface area contributed by atoms with E-state index in [0.717, 1.165) is 11.1 Å². The number of nitrogens with one attached hydrogen (secondary N) is 1. The SMILES string of the molecule is CSc1nccc(Nc2cc(-c3ccccc3)cc(=O)n2C)n1. The molecular formula is C17H16N4OS. The lowest BCUT2D eigenvalue weighted by Crippen LogP contribution is -2.18. The van der Waals surface area contributed by atoms with Crippen molar-refractivity contribution >= 4 is 23.4 Å². The first kappa shape index (κ1) is 15.3. The van der Waals surface area contributed by atoms with Gasteiger partial charge in [-0.1, -0.05) is 42.1 Å². The third kappa shape index (κ3) is 3.43. The minimum atomic E-state index is -0.0759. The molecule has 6 heteroatoms. The van der Waals surface area contributed by atoms with Gasteiger partial charge in [0.15, 0.2) is 5.16 Å². The molecule has 3 rings (SSSR count). The molecule has 1 N–H and O–H groups in total. The third-order valence-electron chi connectivity index (χ3n) is 3.44. The quantitative estimate of drug-likeness (QED) is 0.589. The molecule has 0 amide bonds. The molecule has 0 aliphatic carbocycles. The maximum atomic E-state index is 12.2. The van der Waals surface area contributed by atoms with Crippen LogP contribution in [0.1, 0.15) is 0 Å². The van der Waals surface area contributed by atoms with Gasteiger partial charge < -0.3 is 5.32 Å². The number of nitrogens with zero attached hydrogens (tertiary/aromatic N) is 3. The summed E-state index contributed by atoms with van der Waals surface area (Å²) >= 11 is 1.47. The zero-order valence-corrected chi connectivity index (χ0v) is 13.7. The number of rotatable bonds is 4. The van der Waals surface area contributed by atoms with Gasteiger partial charge in [-0.3, -0.25) is 9.36 Å². The van der Waals surface area contributed by atoms with Crippen molar-refractivity contribution in [3.63, 3.8) is 0 Å². The van der Waals surface area contributed by atoms with Gasteiger partial charge in [-0.15, -0.1) is 0 Å². The molecule has 2 heterocycles. The van der Waals surface area contributed by atoms with Gasteiger partial charge in [0, 0.05) is 19.3 Å². The van der Waals surface area contributed by atoms with Crippen LogP contribution in [0.4, 0.5) is 11.6 Å². The Balaban J connectivity index is 2.01. The molecule has 0 atom stereocenters. The van der Waals surface area contributed by atoms with Crippen molar-refractivity contribution in [1.29, 1.82) is 0 Å². The van der Waals surface area contributed by atoms with Crippen molar-refractivity contribution in [1.82, 2.24) is 14.5 Å². The van der Waals surface area contributed by atoms with Crippen molar-refractivity contribution < 1.29 is 0 Å². The van der Waals surface area contributed by atoms with Crippen LogP contribution in [0, 0.1) is 0 Å². The summed E-state index contributed by atoms with van der Waals surface area (Å²) in [6.07, 6.45) is 3.62. The van der Waals surface area contributed by atoms with Crippen LogP contribution in [0.5, 0.6) is 0 Å². The number of anilines is 2. The smallest absolute Gasteiger partial charge is 0.252 e. The fourth-order valence-electron chi connectivity index (χ4n) is 2.19. The summed E-state index contributed by atoms with van der Waals surface area (Å²) in [6, 6.07) is 15.2. The predicted octanol–water partition coefficient (Wildman–Crippen LogP) is 3.31. The maximum Gasteiger partial charge on any atom is 0.252 e. The van der Waals surface area contributed by atoms with E-state index in [0.29, 0.717) is 16.8 Å². The molecule has 0 unspecified atom stereocenters. The van der Waals surface area contributed by atoms with Gasteiger partial charge in [0.05, 0.1) is 0 Å². The van der Waals surface area contributed by atoms with E-state index in [1.807, 2.05) is 42.7 Å². The standard InChI is InChI=1S/C17H16N4OS/c1-21-15(19-14-8-9-18-17(20-14)23-2)10-13(11-16(21)22)12-6-4-3-5-7-12/h3-11H,1-2H3,(H,18,19,20). The Kier molecular flexibility index (Phi) is 4.43. The molecule has 0 fully saturated rings. The second-order valence-electron chi connectivity index (χ2n) is 4.95. The van der Waals surface area contributed by atoms with E-state index in [4.69, 9.17) is 0 Å². The number of thioether (sulfide) groups is 1. The molecule has 5 nitrogen and oxygen atoms in total. The van der Waals surface area contributed by atoms with Gasteiger partial charge in [0.2, 0.25) is 0 Å². The van der Waals surface area contributed by atoms with Crippen molar-refractivity contribution in [2.24, 2.45) is 7.05 Å². The van der Waals surface area contributed by atoms with Crippen molar-refractivity contribution in [2.75, 3.05) is 11.6 Å². The number of hydrogen-bond donors (Lipinski definition) is 1. The second-order valence-corrected chi connectivity index (χ2v) is 5.72. The van der Waals surface area contributed by atoms with Gasteiger partial charge >= 0.3 is 0 Å². The lowest BCUT2D eigenvalue weighted by Gasteiger charge is -2.12. The lowest BCUT2D eigenvalue weighted by molar-refractivity contribution is 0.867. The molecule has 1 aromatic carbocycles. The van der Waals surface area contributed by atoms with E-state index in [1.165, 1.54) is 11.8 Å². The van der Waals surface area contributed by atoms with Crippen LogP contribution in [0.3, 0.4) is 0 Å². The van der Waals surface area contributed by atoms with E-state index in [2.05, 4.69) is 15.3 Å². The van der Waals surface area contributed by atoms with E-state index < -0.39 is 0 Å². The van der Waals surface area contributed by atoms with Crippen LogP contribution in [0.25, 0.3) is 11.1 Å². The van der Waals surface area contributed by atoms with Gasteiger partial charge in [-0.05, 0) is 29.5 Å². The molecule has 0 radical (unpaired) electrons. The van der Waals surface area contributed by atoms with E-state index in [1.54, 1.807) is 29.9 Å². The summed E-state index contributed by atoms with van der Waals surface area (Å²) in [6.45, 7) is 0. The van der Waals surface area contributed by atoms with Gasteiger partial charge in [0.1, 0.15) is 11.6 Å². The highest BCUT2D eigenvalue weighted by Gasteiger charge is 2.07. The predicted molar refractivity (Wildman–Crippen MR) is 94.2 cm³/mol. The summed E-state index contributed by atoms with van der Waals surface area (Å²) in [5.41, 5.74) is 1.80. The summed E-state index contributed by atoms with van der Waals surface area (Å²) in [5, 5.41) is 3.88. The molecule has 0 saturated carbocycles. The van der Waals surface area contributed by atoms with Gasteiger partial charge in [-0.25, -0.2) is 9.97 Å². The monoisotopic (exact) mass is 324 g/mol. The molecule has 23 heavy (non-hydrogen) atoms. The molecule has 0 aliphatic heterocycles. The molecule has 116 valence electrons. The topological polar surface area (TPSA) is 59.8 Å². The van der Waals surface area contributed by atoms with Gasteiger partial charge in [0.25, 0.3) is 5.56 Å². The fourth-order valence-corrected chi connectivity index (χ4v) is 2.55.